The third kappa shape index (κ3) is 4.57. The van der Waals surface area contributed by atoms with Crippen LogP contribution in [0.15, 0.2) is 59.1 Å². The Morgan fingerprint density at radius 2 is 1.78 bits per heavy atom. The minimum absolute atomic E-state index is 0.0301. The van der Waals surface area contributed by atoms with E-state index >= 15 is 0 Å². The van der Waals surface area contributed by atoms with Crippen molar-refractivity contribution in [3.8, 4) is 11.3 Å². The summed E-state index contributed by atoms with van der Waals surface area (Å²) in [4.78, 5) is 24.9. The summed E-state index contributed by atoms with van der Waals surface area (Å²) in [6.45, 7) is 1.90. The first-order chi connectivity index (χ1) is 17.8. The fourth-order valence-corrected chi connectivity index (χ4v) is 5.51. The molecule has 1 N–H and O–H groups in total. The van der Waals surface area contributed by atoms with Crippen LogP contribution in [0.2, 0.25) is 0 Å². The Balaban J connectivity index is 1.24. The predicted molar refractivity (Wildman–Crippen MR) is 140 cm³/mol. The van der Waals surface area contributed by atoms with Crippen LogP contribution < -0.4 is 10.2 Å². The van der Waals surface area contributed by atoms with Gasteiger partial charge in [-0.25, -0.2) is 4.98 Å². The van der Waals surface area contributed by atoms with Crippen LogP contribution in [0.4, 0.5) is 5.82 Å². The fourth-order valence-electron chi connectivity index (χ4n) is 5.51. The van der Waals surface area contributed by atoms with E-state index < -0.39 is 0 Å². The van der Waals surface area contributed by atoms with Crippen LogP contribution in [-0.4, -0.2) is 34.1 Å². The van der Waals surface area contributed by atoms with E-state index in [0.717, 1.165) is 67.7 Å². The molecule has 7 nitrogen and oxygen atoms in total. The number of amides is 1. The third-order valence-electron chi connectivity index (χ3n) is 7.35. The number of hydrogen-bond donors (Lipinski definition) is 1. The van der Waals surface area contributed by atoms with Crippen molar-refractivity contribution in [3.05, 3.63) is 71.5 Å². The molecule has 1 fully saturated rings. The van der Waals surface area contributed by atoms with Crippen molar-refractivity contribution in [1.82, 2.24) is 20.4 Å². The molecule has 1 amide bonds. The molecule has 7 heteroatoms. The quantitative estimate of drug-likeness (QED) is 0.397. The number of aromatic nitrogens is 3. The van der Waals surface area contributed by atoms with Crippen molar-refractivity contribution in [2.45, 2.75) is 57.4 Å². The lowest BCUT2D eigenvalue weighted by atomic mass is 9.87. The second-order valence-electron chi connectivity index (χ2n) is 9.80. The van der Waals surface area contributed by atoms with Gasteiger partial charge in [-0.2, -0.15) is 4.98 Å². The molecule has 2 aromatic carbocycles. The second kappa shape index (κ2) is 10.1. The summed E-state index contributed by atoms with van der Waals surface area (Å²) in [6, 6.07) is 18.5. The molecule has 2 aromatic heterocycles. The van der Waals surface area contributed by atoms with E-state index in [4.69, 9.17) is 9.51 Å². The summed E-state index contributed by atoms with van der Waals surface area (Å²) in [6.07, 6.45) is 7.45. The van der Waals surface area contributed by atoms with Crippen LogP contribution in [0.25, 0.3) is 22.4 Å². The number of nitrogens with zero attached hydrogens (tertiary/aromatic N) is 4. The molecule has 1 atom stereocenters. The zero-order chi connectivity index (χ0) is 24.3. The van der Waals surface area contributed by atoms with Crippen molar-refractivity contribution < 1.29 is 9.32 Å². The van der Waals surface area contributed by atoms with Gasteiger partial charge < -0.3 is 14.7 Å². The highest BCUT2D eigenvalue weighted by Gasteiger charge is 2.25. The Labute approximate surface area is 210 Å². The molecule has 0 unspecified atom stereocenters. The average molecular weight is 482 g/mol. The highest BCUT2D eigenvalue weighted by molar-refractivity contribution is 5.98. The summed E-state index contributed by atoms with van der Waals surface area (Å²) in [5.74, 6) is 1.52. The lowest BCUT2D eigenvalue weighted by molar-refractivity contribution is -0.121. The van der Waals surface area contributed by atoms with Gasteiger partial charge in [0.2, 0.25) is 5.91 Å². The summed E-state index contributed by atoms with van der Waals surface area (Å²) in [5.41, 5.74) is 4.83. The number of anilines is 1. The first-order valence-electron chi connectivity index (χ1n) is 13.1. The van der Waals surface area contributed by atoms with E-state index in [-0.39, 0.29) is 11.9 Å². The number of fused-ring (bicyclic) bond motifs is 2. The molecule has 1 aliphatic heterocycles. The van der Waals surface area contributed by atoms with Crippen LogP contribution in [-0.2, 0) is 17.6 Å². The zero-order valence-electron chi connectivity index (χ0n) is 20.4. The van der Waals surface area contributed by atoms with Gasteiger partial charge in [0.1, 0.15) is 22.7 Å². The Kier molecular flexibility index (Phi) is 6.36. The highest BCUT2D eigenvalue weighted by atomic mass is 16.5. The molecular weight excluding hydrogens is 450 g/mol. The second-order valence-corrected chi connectivity index (χ2v) is 9.80. The first kappa shape index (κ1) is 22.7. The van der Waals surface area contributed by atoms with Crippen LogP contribution in [0, 0.1) is 0 Å². The maximum atomic E-state index is 12.9. The van der Waals surface area contributed by atoms with Crippen LogP contribution in [0.1, 0.15) is 61.5 Å². The molecule has 3 heterocycles. The molecule has 36 heavy (non-hydrogen) atoms. The number of rotatable bonds is 6. The summed E-state index contributed by atoms with van der Waals surface area (Å²) < 4.78 is 5.71. The van der Waals surface area contributed by atoms with Crippen molar-refractivity contribution in [2.24, 2.45) is 0 Å². The predicted octanol–water partition coefficient (Wildman–Crippen LogP) is 5.40. The van der Waals surface area contributed by atoms with Gasteiger partial charge in [0.15, 0.2) is 0 Å². The van der Waals surface area contributed by atoms with Crippen molar-refractivity contribution in [1.29, 1.82) is 0 Å². The minimum Gasteiger partial charge on any atom is -0.356 e. The van der Waals surface area contributed by atoms with E-state index in [1.54, 1.807) is 0 Å². The van der Waals surface area contributed by atoms with Crippen molar-refractivity contribution >= 4 is 22.8 Å². The van der Waals surface area contributed by atoms with E-state index in [9.17, 15) is 4.79 Å². The van der Waals surface area contributed by atoms with Gasteiger partial charge >= 0.3 is 0 Å². The highest BCUT2D eigenvalue weighted by Crippen LogP contribution is 2.35. The molecule has 1 aliphatic carbocycles. The number of piperidine rings is 1. The zero-order valence-corrected chi connectivity index (χ0v) is 20.4. The summed E-state index contributed by atoms with van der Waals surface area (Å²) in [7, 11) is 0. The van der Waals surface area contributed by atoms with Crippen LogP contribution in [0.5, 0.6) is 0 Å². The van der Waals surface area contributed by atoms with Crippen LogP contribution in [0.3, 0.4) is 0 Å². The molecule has 184 valence electrons. The molecule has 0 bridgehead atoms. The molecule has 0 radical (unpaired) electrons. The van der Waals surface area contributed by atoms with Gasteiger partial charge in [0.25, 0.3) is 5.71 Å². The molecule has 4 aromatic rings. The molecular formula is C29H31N5O2. The normalized spacial score (nSPS) is 17.7. The van der Waals surface area contributed by atoms with Gasteiger partial charge in [-0.05, 0) is 49.7 Å². The van der Waals surface area contributed by atoms with Gasteiger partial charge in [-0.1, -0.05) is 59.8 Å². The van der Waals surface area contributed by atoms with E-state index in [1.807, 2.05) is 30.3 Å². The Hall–Kier alpha value is -3.74. The number of nitrogens with one attached hydrogen (secondary N) is 1. The Morgan fingerprint density at radius 3 is 2.64 bits per heavy atom. The Morgan fingerprint density at radius 1 is 0.972 bits per heavy atom. The molecule has 0 saturated carbocycles. The van der Waals surface area contributed by atoms with Gasteiger partial charge in [-0.15, -0.1) is 0 Å². The van der Waals surface area contributed by atoms with Crippen molar-refractivity contribution in [3.63, 3.8) is 0 Å². The SMILES string of the molecule is O=C(CCc1nc(N2CCCCC2)c2c(-c3ccccc3)noc2n1)N[C@@H]1CCCc2ccccc21. The lowest BCUT2D eigenvalue weighted by Gasteiger charge is -2.28. The Bertz CT molecular complexity index is 1360. The molecule has 1 saturated heterocycles. The topological polar surface area (TPSA) is 84.2 Å². The maximum absolute atomic E-state index is 12.9. The number of carbonyl (C=O) groups is 1. The van der Waals surface area contributed by atoms with Crippen molar-refractivity contribution in [2.75, 3.05) is 18.0 Å². The fraction of sp³-hybridized carbons (Fsp3) is 0.379. The smallest absolute Gasteiger partial charge is 0.263 e. The first-order valence-corrected chi connectivity index (χ1v) is 13.1. The number of hydrogen-bond acceptors (Lipinski definition) is 6. The standard InChI is InChI=1S/C29H31N5O2/c35-25(30-23-15-9-13-20-10-5-6-14-22(20)23)17-16-24-31-28(34-18-7-2-8-19-34)26-27(33-36-29(26)32-24)21-11-3-1-4-12-21/h1,3-6,10-12,14,23H,2,7-9,13,15-19H2,(H,30,35)/t23-/m1/s1. The largest absolute Gasteiger partial charge is 0.356 e. The average Bonchev–Trinajstić information content (AvgIpc) is 3.37. The van der Waals surface area contributed by atoms with Gasteiger partial charge in [-0.3, -0.25) is 4.79 Å². The number of aryl methyl sites for hydroxylation is 2. The number of benzene rings is 2. The minimum atomic E-state index is 0.0301. The molecule has 2 aliphatic rings. The summed E-state index contributed by atoms with van der Waals surface area (Å²) >= 11 is 0. The van der Waals surface area contributed by atoms with E-state index in [2.05, 4.69) is 44.6 Å². The van der Waals surface area contributed by atoms with Gasteiger partial charge in [0.05, 0.1) is 6.04 Å². The molecule has 0 spiro atoms. The lowest BCUT2D eigenvalue weighted by Crippen LogP contribution is -2.31. The van der Waals surface area contributed by atoms with Gasteiger partial charge in [0, 0.05) is 31.5 Å². The number of carbonyl (C=O) groups excluding carboxylic acids is 1. The summed E-state index contributed by atoms with van der Waals surface area (Å²) in [5, 5.41) is 8.47. The third-order valence-corrected chi connectivity index (χ3v) is 7.35. The van der Waals surface area contributed by atoms with E-state index in [0.29, 0.717) is 24.4 Å². The maximum Gasteiger partial charge on any atom is 0.263 e. The van der Waals surface area contributed by atoms with E-state index in [1.165, 1.54) is 17.5 Å². The monoisotopic (exact) mass is 481 g/mol. The molecule has 6 rings (SSSR count). The van der Waals surface area contributed by atoms with Crippen LogP contribution >= 0.6 is 0 Å².